The van der Waals surface area contributed by atoms with E-state index in [2.05, 4.69) is 0 Å². The van der Waals surface area contributed by atoms with Gasteiger partial charge in [-0.25, -0.2) is 4.79 Å². The highest BCUT2D eigenvalue weighted by atomic mass is 32.2. The molecule has 0 rings (SSSR count). The van der Waals surface area contributed by atoms with Crippen LogP contribution in [0.1, 0.15) is 20.3 Å². The number of rotatable bonds is 10. The molecule has 9 nitrogen and oxygen atoms in total. The number of nitrogens with zero attached hydrogens (tertiary/aromatic N) is 1. The number of likely N-dealkylation sites (N-methyl/N-ethyl adjacent to an activating group) is 1. The first kappa shape index (κ1) is 21.8. The highest BCUT2D eigenvalue weighted by Gasteiger charge is 2.36. The van der Waals surface area contributed by atoms with Gasteiger partial charge in [0.2, 0.25) is 0 Å². The fraction of sp³-hybridized carbons (Fsp3) is 0.846. The molecule has 0 aliphatic heterocycles. The van der Waals surface area contributed by atoms with E-state index in [9.17, 15) is 23.1 Å². The zero-order chi connectivity index (χ0) is 18.3. The summed E-state index contributed by atoms with van der Waals surface area (Å²) in [7, 11) is -0.784. The van der Waals surface area contributed by atoms with E-state index in [1.807, 2.05) is 0 Å². The van der Waals surface area contributed by atoms with Gasteiger partial charge in [0.15, 0.2) is 12.7 Å². The normalized spacial score (nSPS) is 13.5. The van der Waals surface area contributed by atoms with Crippen molar-refractivity contribution < 1.29 is 32.0 Å². The smallest absolute Gasteiger partial charge is 0.336 e. The molecule has 0 saturated heterocycles. The lowest BCUT2D eigenvalue weighted by Gasteiger charge is -2.28. The summed E-state index contributed by atoms with van der Waals surface area (Å²) in [5.74, 6) is -1.70. The van der Waals surface area contributed by atoms with Gasteiger partial charge in [-0.15, -0.1) is 0 Å². The lowest BCUT2D eigenvalue weighted by atomic mass is 9.88. The van der Waals surface area contributed by atoms with Crippen LogP contribution in [0, 0.1) is 5.41 Å². The Bertz CT molecular complexity index is 502. The first-order valence-electron chi connectivity index (χ1n) is 7.05. The second-order valence-electron chi connectivity index (χ2n) is 5.95. The molecule has 0 bridgehead atoms. The number of hydrogen-bond donors (Lipinski definition) is 2. The summed E-state index contributed by atoms with van der Waals surface area (Å²) in [4.78, 5) is 24.3. The third kappa shape index (κ3) is 8.26. The molecule has 3 N–H and O–H groups in total. The zero-order valence-corrected chi connectivity index (χ0v) is 14.8. The van der Waals surface area contributed by atoms with Crippen LogP contribution >= 0.6 is 0 Å². The van der Waals surface area contributed by atoms with Crippen LogP contribution < -0.4 is 5.73 Å². The topological polar surface area (TPSA) is 136 Å². The van der Waals surface area contributed by atoms with Crippen LogP contribution in [0.4, 0.5) is 0 Å². The average molecular weight is 354 g/mol. The molecule has 0 radical (unpaired) electrons. The van der Waals surface area contributed by atoms with Crippen molar-refractivity contribution in [2.45, 2.75) is 26.4 Å². The number of carbonyl (C=O) groups is 2. The summed E-state index contributed by atoms with van der Waals surface area (Å²) >= 11 is 0. The second kappa shape index (κ2) is 9.16. The summed E-state index contributed by atoms with van der Waals surface area (Å²) in [5.41, 5.74) is 4.02. The summed E-state index contributed by atoms with van der Waals surface area (Å²) < 4.78 is 32.7. The van der Waals surface area contributed by atoms with Crippen LogP contribution in [0.15, 0.2) is 0 Å². The van der Waals surface area contributed by atoms with E-state index < -0.39 is 46.7 Å². The number of aliphatic hydroxyl groups is 1. The number of aliphatic hydroxyl groups excluding tert-OH is 1. The molecule has 0 spiro atoms. The van der Waals surface area contributed by atoms with Crippen molar-refractivity contribution >= 4 is 22.0 Å². The largest absolute Gasteiger partial charge is 0.454 e. The summed E-state index contributed by atoms with van der Waals surface area (Å²) in [6.07, 6.45) is -1.39. The SMILES string of the molecule is CN(C)C(=O)COC(=O)[C@H](O)C(C)(C)COS(=O)(=O)CCCN. The maximum Gasteiger partial charge on any atom is 0.336 e. The van der Waals surface area contributed by atoms with Gasteiger partial charge in [-0.05, 0) is 13.0 Å². The molecular weight excluding hydrogens is 328 g/mol. The Morgan fingerprint density at radius 3 is 2.35 bits per heavy atom. The Labute approximate surface area is 136 Å². The van der Waals surface area contributed by atoms with E-state index in [1.54, 1.807) is 0 Å². The minimum Gasteiger partial charge on any atom is -0.454 e. The molecule has 1 atom stereocenters. The van der Waals surface area contributed by atoms with Gasteiger partial charge in [0.25, 0.3) is 16.0 Å². The Morgan fingerprint density at radius 2 is 1.87 bits per heavy atom. The Balaban J connectivity index is 4.56. The molecule has 0 aromatic heterocycles. The van der Waals surface area contributed by atoms with Gasteiger partial charge in [0, 0.05) is 19.5 Å². The van der Waals surface area contributed by atoms with Gasteiger partial charge < -0.3 is 20.5 Å². The molecule has 136 valence electrons. The van der Waals surface area contributed by atoms with Crippen molar-refractivity contribution in [1.82, 2.24) is 4.90 Å². The van der Waals surface area contributed by atoms with E-state index in [-0.39, 0.29) is 18.7 Å². The lowest BCUT2D eigenvalue weighted by molar-refractivity contribution is -0.165. The van der Waals surface area contributed by atoms with Crippen LogP contribution in [-0.2, 0) is 28.6 Å². The quantitative estimate of drug-likeness (QED) is 0.365. The molecule has 23 heavy (non-hydrogen) atoms. The van der Waals surface area contributed by atoms with Gasteiger partial charge >= 0.3 is 5.97 Å². The van der Waals surface area contributed by atoms with Crippen LogP contribution in [-0.4, -0.2) is 76.0 Å². The van der Waals surface area contributed by atoms with Gasteiger partial charge in [-0.3, -0.25) is 8.98 Å². The number of esters is 1. The highest BCUT2D eigenvalue weighted by molar-refractivity contribution is 7.86. The number of ether oxygens (including phenoxy) is 1. The second-order valence-corrected chi connectivity index (χ2v) is 7.71. The third-order valence-corrected chi connectivity index (χ3v) is 4.27. The fourth-order valence-corrected chi connectivity index (χ4v) is 2.42. The zero-order valence-electron chi connectivity index (χ0n) is 13.9. The Hall–Kier alpha value is -1.23. The summed E-state index contributed by atoms with van der Waals surface area (Å²) in [5, 5.41) is 9.98. The summed E-state index contributed by atoms with van der Waals surface area (Å²) in [6.45, 7) is 2.20. The van der Waals surface area contributed by atoms with E-state index in [0.29, 0.717) is 0 Å². The molecular formula is C13H26N2O7S. The molecule has 0 heterocycles. The fourth-order valence-electron chi connectivity index (χ4n) is 1.30. The van der Waals surface area contributed by atoms with Crippen LogP contribution in [0.25, 0.3) is 0 Å². The van der Waals surface area contributed by atoms with Crippen molar-refractivity contribution in [2.75, 3.05) is 39.6 Å². The first-order valence-corrected chi connectivity index (χ1v) is 8.62. The van der Waals surface area contributed by atoms with Gasteiger partial charge in [0.1, 0.15) is 0 Å². The number of nitrogens with two attached hydrogens (primary N) is 1. The molecule has 0 aliphatic carbocycles. The molecule has 0 unspecified atom stereocenters. The minimum absolute atomic E-state index is 0.209. The van der Waals surface area contributed by atoms with Crippen molar-refractivity contribution in [2.24, 2.45) is 11.1 Å². The average Bonchev–Trinajstić information content (AvgIpc) is 2.47. The predicted octanol–water partition coefficient (Wildman–Crippen LogP) is -1.30. The van der Waals surface area contributed by atoms with Crippen LogP contribution in [0.3, 0.4) is 0 Å². The number of hydrogen-bond acceptors (Lipinski definition) is 8. The van der Waals surface area contributed by atoms with Gasteiger partial charge in [-0.2, -0.15) is 8.42 Å². The molecule has 0 aromatic carbocycles. The van der Waals surface area contributed by atoms with E-state index in [0.717, 1.165) is 0 Å². The molecule has 10 heteroatoms. The van der Waals surface area contributed by atoms with Gasteiger partial charge in [0.05, 0.1) is 12.4 Å². The Morgan fingerprint density at radius 1 is 1.30 bits per heavy atom. The van der Waals surface area contributed by atoms with Crippen LogP contribution in [0.2, 0.25) is 0 Å². The molecule has 0 fully saturated rings. The third-order valence-electron chi connectivity index (χ3n) is 3.01. The molecule has 0 aliphatic rings. The standard InChI is InChI=1S/C13H26N2O7S/c1-13(2,9-22-23(19,20)7-5-6-14)11(17)12(18)21-8-10(16)15(3)4/h11,17H,5-9,14H2,1-4H3/t11-/m0/s1. The van der Waals surface area contributed by atoms with E-state index in [1.165, 1.54) is 32.8 Å². The monoisotopic (exact) mass is 354 g/mol. The first-order chi connectivity index (χ1) is 10.4. The van der Waals surface area contributed by atoms with Crippen LogP contribution in [0.5, 0.6) is 0 Å². The molecule has 0 aromatic rings. The predicted molar refractivity (Wildman–Crippen MR) is 82.9 cm³/mol. The summed E-state index contributed by atoms with van der Waals surface area (Å²) in [6, 6.07) is 0. The van der Waals surface area contributed by atoms with E-state index >= 15 is 0 Å². The molecule has 1 amide bonds. The Kier molecular flexibility index (Phi) is 8.67. The molecule has 0 saturated carbocycles. The van der Waals surface area contributed by atoms with Crippen molar-refractivity contribution in [3.05, 3.63) is 0 Å². The maximum atomic E-state index is 11.7. The van der Waals surface area contributed by atoms with Crippen molar-refractivity contribution in [3.8, 4) is 0 Å². The highest BCUT2D eigenvalue weighted by Crippen LogP contribution is 2.23. The van der Waals surface area contributed by atoms with Crippen molar-refractivity contribution in [1.29, 1.82) is 0 Å². The number of carbonyl (C=O) groups excluding carboxylic acids is 2. The maximum absolute atomic E-state index is 11.7. The lowest BCUT2D eigenvalue weighted by Crippen LogP contribution is -2.42. The minimum atomic E-state index is -3.78. The van der Waals surface area contributed by atoms with Crippen molar-refractivity contribution in [3.63, 3.8) is 0 Å². The van der Waals surface area contributed by atoms with Gasteiger partial charge in [-0.1, -0.05) is 13.8 Å². The number of amides is 1. The van der Waals surface area contributed by atoms with E-state index in [4.69, 9.17) is 14.7 Å².